The number of anilines is 1. The Morgan fingerprint density at radius 3 is 2.33 bits per heavy atom. The minimum absolute atomic E-state index is 0.155. The van der Waals surface area contributed by atoms with E-state index >= 15 is 0 Å². The van der Waals surface area contributed by atoms with Crippen LogP contribution in [0.5, 0.6) is 0 Å². The van der Waals surface area contributed by atoms with E-state index in [4.69, 9.17) is 10.8 Å². The number of hydrogen-bond acceptors (Lipinski definition) is 4. The number of nitrogens with two attached hydrogens (primary N) is 1. The second-order valence-electron chi connectivity index (χ2n) is 5.52. The molecule has 0 saturated carbocycles. The van der Waals surface area contributed by atoms with Crippen LogP contribution in [-0.2, 0) is 9.59 Å². The van der Waals surface area contributed by atoms with E-state index in [1.54, 1.807) is 13.8 Å². The number of para-hydroxylation sites is 1. The molecule has 116 valence electrons. The third-order valence-corrected chi connectivity index (χ3v) is 4.74. The van der Waals surface area contributed by atoms with E-state index in [0.717, 1.165) is 16.8 Å². The fourth-order valence-corrected chi connectivity index (χ4v) is 2.68. The number of carbonyl (C=O) groups excluding carboxylic acids is 1. The lowest BCUT2D eigenvalue weighted by molar-refractivity contribution is -0.139. The van der Waals surface area contributed by atoms with Crippen LogP contribution >= 0.6 is 11.8 Å². The number of thioether (sulfide) groups is 1. The molecular formula is C15H22N2O3S. The Labute approximate surface area is 129 Å². The predicted molar refractivity (Wildman–Crippen MR) is 86.7 cm³/mol. The molecule has 0 spiro atoms. The average Bonchev–Trinajstić information content (AvgIpc) is 2.40. The van der Waals surface area contributed by atoms with Gasteiger partial charge in [-0.1, -0.05) is 18.2 Å². The summed E-state index contributed by atoms with van der Waals surface area (Å²) in [6.07, 6.45) is 0. The van der Waals surface area contributed by atoms with Crippen molar-refractivity contribution in [3.05, 3.63) is 29.3 Å². The molecule has 0 aliphatic rings. The number of benzene rings is 1. The molecule has 0 aromatic heterocycles. The highest BCUT2D eigenvalue weighted by Crippen LogP contribution is 2.28. The van der Waals surface area contributed by atoms with Gasteiger partial charge in [-0.3, -0.25) is 9.59 Å². The summed E-state index contributed by atoms with van der Waals surface area (Å²) in [6, 6.07) is 4.78. The molecular weight excluding hydrogens is 288 g/mol. The summed E-state index contributed by atoms with van der Waals surface area (Å²) < 4.78 is -0.718. The summed E-state index contributed by atoms with van der Waals surface area (Å²) in [5.74, 6) is -1.08. The monoisotopic (exact) mass is 310 g/mol. The number of carboxylic acid groups (broad SMARTS) is 1. The quantitative estimate of drug-likeness (QED) is 0.749. The number of nitrogens with one attached hydrogen (secondary N) is 1. The van der Waals surface area contributed by atoms with Crippen LogP contribution in [0.4, 0.5) is 5.69 Å². The van der Waals surface area contributed by atoms with Crippen molar-refractivity contribution in [2.45, 2.75) is 38.5 Å². The molecule has 21 heavy (non-hydrogen) atoms. The molecule has 1 amide bonds. The van der Waals surface area contributed by atoms with Crippen molar-refractivity contribution in [3.8, 4) is 0 Å². The van der Waals surface area contributed by atoms with E-state index in [1.807, 2.05) is 32.0 Å². The van der Waals surface area contributed by atoms with Crippen LogP contribution in [0.1, 0.15) is 25.0 Å². The smallest absolute Gasteiger partial charge is 0.321 e. The number of amides is 1. The molecule has 6 heteroatoms. The lowest BCUT2D eigenvalue weighted by Gasteiger charge is -2.27. The zero-order valence-electron chi connectivity index (χ0n) is 12.8. The van der Waals surface area contributed by atoms with E-state index in [1.165, 1.54) is 11.8 Å². The first kappa shape index (κ1) is 17.5. The fourth-order valence-electron chi connectivity index (χ4n) is 1.83. The van der Waals surface area contributed by atoms with Gasteiger partial charge in [-0.05, 0) is 38.8 Å². The van der Waals surface area contributed by atoms with Crippen molar-refractivity contribution in [2.75, 3.05) is 11.1 Å². The normalized spacial score (nSPS) is 12.8. The summed E-state index contributed by atoms with van der Waals surface area (Å²) >= 11 is 1.24. The summed E-state index contributed by atoms with van der Waals surface area (Å²) in [5, 5.41) is 11.8. The van der Waals surface area contributed by atoms with Gasteiger partial charge < -0.3 is 16.2 Å². The van der Waals surface area contributed by atoms with Crippen molar-refractivity contribution in [2.24, 2.45) is 5.73 Å². The lowest BCUT2D eigenvalue weighted by atomic mass is 10.1. The maximum absolute atomic E-state index is 12.0. The first-order valence-electron chi connectivity index (χ1n) is 6.63. The van der Waals surface area contributed by atoms with Gasteiger partial charge in [-0.15, -0.1) is 11.8 Å². The highest BCUT2D eigenvalue weighted by atomic mass is 32.2. The van der Waals surface area contributed by atoms with Crippen LogP contribution in [-0.4, -0.2) is 33.5 Å². The van der Waals surface area contributed by atoms with Crippen LogP contribution in [0.15, 0.2) is 18.2 Å². The van der Waals surface area contributed by atoms with Crippen molar-refractivity contribution < 1.29 is 14.7 Å². The van der Waals surface area contributed by atoms with Gasteiger partial charge in [0.05, 0.1) is 5.75 Å². The molecule has 1 aromatic rings. The Bertz CT molecular complexity index is 523. The van der Waals surface area contributed by atoms with Gasteiger partial charge in [0.15, 0.2) is 0 Å². The molecule has 0 fully saturated rings. The minimum Gasteiger partial charge on any atom is -0.480 e. The topological polar surface area (TPSA) is 92.4 Å². The standard InChI is InChI=1S/C15H22N2O3S/c1-9-6-5-7-10(2)12(9)17-11(18)8-21-15(3,4)13(16)14(19)20/h5-7,13H,8,16H2,1-4H3,(H,17,18)(H,19,20)/t13-/m1/s1. The van der Waals surface area contributed by atoms with Crippen molar-refractivity contribution in [1.29, 1.82) is 0 Å². The van der Waals surface area contributed by atoms with Crippen LogP contribution in [0, 0.1) is 13.8 Å². The third kappa shape index (κ3) is 4.75. The zero-order chi connectivity index (χ0) is 16.2. The number of hydrogen-bond donors (Lipinski definition) is 3. The Morgan fingerprint density at radius 1 is 1.33 bits per heavy atom. The highest BCUT2D eigenvalue weighted by Gasteiger charge is 2.33. The third-order valence-electron chi connectivity index (χ3n) is 3.34. The van der Waals surface area contributed by atoms with Gasteiger partial charge in [-0.2, -0.15) is 0 Å². The van der Waals surface area contributed by atoms with Gasteiger partial charge in [-0.25, -0.2) is 0 Å². The lowest BCUT2D eigenvalue weighted by Crippen LogP contribution is -2.47. The molecule has 5 nitrogen and oxygen atoms in total. The largest absolute Gasteiger partial charge is 0.480 e. The number of rotatable bonds is 6. The molecule has 0 saturated heterocycles. The van der Waals surface area contributed by atoms with Gasteiger partial charge >= 0.3 is 5.97 Å². The SMILES string of the molecule is Cc1cccc(C)c1NC(=O)CSC(C)(C)[C@H](N)C(=O)O. The average molecular weight is 310 g/mol. The van der Waals surface area contributed by atoms with E-state index in [2.05, 4.69) is 5.32 Å². The summed E-state index contributed by atoms with van der Waals surface area (Å²) in [4.78, 5) is 23.0. The molecule has 1 aromatic carbocycles. The Kier molecular flexibility index (Phi) is 5.80. The molecule has 0 aliphatic carbocycles. The summed E-state index contributed by atoms with van der Waals surface area (Å²) in [5.41, 5.74) is 8.43. The van der Waals surface area contributed by atoms with Crippen molar-refractivity contribution in [3.63, 3.8) is 0 Å². The van der Waals surface area contributed by atoms with E-state index < -0.39 is 16.8 Å². The Balaban J connectivity index is 2.65. The Morgan fingerprint density at radius 2 is 1.86 bits per heavy atom. The van der Waals surface area contributed by atoms with E-state index in [0.29, 0.717) is 0 Å². The number of carboxylic acids is 1. The van der Waals surface area contributed by atoms with Crippen molar-refractivity contribution >= 4 is 29.3 Å². The molecule has 0 radical (unpaired) electrons. The molecule has 1 atom stereocenters. The van der Waals surface area contributed by atoms with Crippen LogP contribution < -0.4 is 11.1 Å². The second kappa shape index (κ2) is 6.95. The first-order chi connectivity index (χ1) is 9.65. The second-order valence-corrected chi connectivity index (χ2v) is 7.15. The molecule has 0 heterocycles. The van der Waals surface area contributed by atoms with Gasteiger partial charge in [0, 0.05) is 10.4 Å². The van der Waals surface area contributed by atoms with Crippen LogP contribution in [0.2, 0.25) is 0 Å². The van der Waals surface area contributed by atoms with E-state index in [9.17, 15) is 9.59 Å². The molecule has 0 aliphatic heterocycles. The van der Waals surface area contributed by atoms with Crippen molar-refractivity contribution in [1.82, 2.24) is 0 Å². The van der Waals surface area contributed by atoms with Gasteiger partial charge in [0.2, 0.25) is 5.91 Å². The number of aliphatic carboxylic acids is 1. The number of aryl methyl sites for hydroxylation is 2. The van der Waals surface area contributed by atoms with Crippen LogP contribution in [0.3, 0.4) is 0 Å². The predicted octanol–water partition coefficient (Wildman–Crippen LogP) is 2.17. The highest BCUT2D eigenvalue weighted by molar-refractivity contribution is 8.01. The van der Waals surface area contributed by atoms with Gasteiger partial charge in [0.25, 0.3) is 0 Å². The fraction of sp³-hybridized carbons (Fsp3) is 0.467. The first-order valence-corrected chi connectivity index (χ1v) is 7.62. The summed E-state index contributed by atoms with van der Waals surface area (Å²) in [6.45, 7) is 7.31. The minimum atomic E-state index is -1.07. The maximum Gasteiger partial charge on any atom is 0.321 e. The maximum atomic E-state index is 12.0. The van der Waals surface area contributed by atoms with Crippen LogP contribution in [0.25, 0.3) is 0 Å². The van der Waals surface area contributed by atoms with Gasteiger partial charge in [0.1, 0.15) is 6.04 Å². The molecule has 1 rings (SSSR count). The molecule has 4 N–H and O–H groups in total. The summed E-state index contributed by atoms with van der Waals surface area (Å²) in [7, 11) is 0. The Hall–Kier alpha value is -1.53. The zero-order valence-corrected chi connectivity index (χ0v) is 13.6. The molecule has 0 bridgehead atoms. The van der Waals surface area contributed by atoms with E-state index in [-0.39, 0.29) is 11.7 Å². The molecule has 0 unspecified atom stereocenters. The number of carbonyl (C=O) groups is 2.